The fourth-order valence-electron chi connectivity index (χ4n) is 5.50. The number of nitrogens with zero attached hydrogens (tertiary/aromatic N) is 1. The van der Waals surface area contributed by atoms with Crippen LogP contribution in [0.2, 0.25) is 0 Å². The van der Waals surface area contributed by atoms with Crippen LogP contribution in [0.3, 0.4) is 0 Å². The maximum atomic E-state index is 13.3. The first-order valence-electron chi connectivity index (χ1n) is 11.5. The molecule has 5 atom stereocenters. The van der Waals surface area contributed by atoms with E-state index in [1.54, 1.807) is 12.1 Å². The number of aryl methyl sites for hydroxylation is 1. The Hall–Kier alpha value is -3.74. The second-order valence-electron chi connectivity index (χ2n) is 9.28. The number of ether oxygens (including phenoxy) is 1. The third-order valence-corrected chi connectivity index (χ3v) is 7.01. The van der Waals surface area contributed by atoms with Crippen LogP contribution in [0.4, 0.5) is 5.69 Å². The molecule has 1 aliphatic heterocycles. The van der Waals surface area contributed by atoms with Gasteiger partial charge in [-0.15, -0.1) is 0 Å². The van der Waals surface area contributed by atoms with E-state index < -0.39 is 36.4 Å². The second-order valence-corrected chi connectivity index (χ2v) is 9.28. The van der Waals surface area contributed by atoms with Crippen molar-refractivity contribution in [3.8, 4) is 0 Å². The summed E-state index contributed by atoms with van der Waals surface area (Å²) in [4.78, 5) is 53.3. The number of anilines is 1. The van der Waals surface area contributed by atoms with Gasteiger partial charge in [-0.2, -0.15) is 0 Å². The van der Waals surface area contributed by atoms with Crippen molar-refractivity contribution in [2.75, 3.05) is 11.9 Å². The van der Waals surface area contributed by atoms with Gasteiger partial charge in [0.1, 0.15) is 6.04 Å². The van der Waals surface area contributed by atoms with Crippen molar-refractivity contribution < 1.29 is 23.9 Å². The lowest BCUT2D eigenvalue weighted by Gasteiger charge is -2.26. The van der Waals surface area contributed by atoms with E-state index in [1.165, 1.54) is 0 Å². The SMILES string of the molecule is Cc1cccc(NC(=O)COC(=O)[C@H](Cc2ccccc2)N2C(=O)[C@@H]3[C@@H](C2=O)[C@H]2C=C[C@H]3C2)c1. The van der Waals surface area contributed by atoms with E-state index in [4.69, 9.17) is 4.74 Å². The Morgan fingerprint density at radius 1 is 1.00 bits per heavy atom. The standard InChI is InChI=1S/C27H26N2O5/c1-16-6-5-9-20(12-16)28-22(30)15-34-27(33)21(13-17-7-3-2-4-8-17)29-25(31)23-18-10-11-19(14-18)24(23)26(29)32/h2-12,18-19,21,23-24H,13-15H2,1H3,(H,28,30)/t18-,19-,21-,23-,24-/m0/s1. The van der Waals surface area contributed by atoms with Gasteiger partial charge in [0.05, 0.1) is 11.8 Å². The van der Waals surface area contributed by atoms with E-state index >= 15 is 0 Å². The van der Waals surface area contributed by atoms with Crippen molar-refractivity contribution in [2.45, 2.75) is 25.8 Å². The number of allylic oxidation sites excluding steroid dienone is 2. The molecule has 7 nitrogen and oxygen atoms in total. The number of nitrogens with one attached hydrogen (secondary N) is 1. The number of imide groups is 1. The predicted octanol–water partition coefficient (Wildman–Crippen LogP) is 2.90. The van der Waals surface area contributed by atoms with Gasteiger partial charge in [-0.25, -0.2) is 4.79 Å². The Morgan fingerprint density at radius 2 is 1.68 bits per heavy atom. The highest BCUT2D eigenvalue weighted by molar-refractivity contribution is 6.09. The van der Waals surface area contributed by atoms with E-state index in [1.807, 2.05) is 61.5 Å². The summed E-state index contributed by atoms with van der Waals surface area (Å²) in [5, 5.41) is 2.69. The molecule has 2 fully saturated rings. The van der Waals surface area contributed by atoms with Gasteiger partial charge in [-0.1, -0.05) is 54.6 Å². The van der Waals surface area contributed by atoms with Gasteiger partial charge >= 0.3 is 5.97 Å². The van der Waals surface area contributed by atoms with Crippen LogP contribution in [0.15, 0.2) is 66.7 Å². The Labute approximate surface area is 197 Å². The number of rotatable bonds is 7. The maximum absolute atomic E-state index is 13.3. The first-order valence-corrected chi connectivity index (χ1v) is 11.5. The minimum absolute atomic E-state index is 0.0463. The molecule has 2 aromatic carbocycles. The molecule has 2 aromatic rings. The number of benzene rings is 2. The Bertz CT molecular complexity index is 1140. The number of esters is 1. The molecule has 1 heterocycles. The van der Waals surface area contributed by atoms with Crippen LogP contribution in [0.5, 0.6) is 0 Å². The zero-order valence-corrected chi connectivity index (χ0v) is 18.8. The van der Waals surface area contributed by atoms with Crippen LogP contribution in [-0.4, -0.2) is 41.2 Å². The molecule has 174 valence electrons. The van der Waals surface area contributed by atoms with Crippen molar-refractivity contribution >= 4 is 29.4 Å². The quantitative estimate of drug-likeness (QED) is 0.391. The molecule has 2 aliphatic carbocycles. The molecule has 0 spiro atoms. The fourth-order valence-corrected chi connectivity index (χ4v) is 5.50. The summed E-state index contributed by atoms with van der Waals surface area (Å²) in [5.74, 6) is -2.59. The van der Waals surface area contributed by atoms with Crippen molar-refractivity contribution in [3.63, 3.8) is 0 Å². The molecule has 0 aromatic heterocycles. The van der Waals surface area contributed by atoms with Gasteiger partial charge in [-0.05, 0) is 48.4 Å². The van der Waals surface area contributed by atoms with Crippen LogP contribution in [-0.2, 0) is 30.3 Å². The number of hydrogen-bond donors (Lipinski definition) is 1. The number of fused-ring (bicyclic) bond motifs is 5. The van der Waals surface area contributed by atoms with Crippen LogP contribution in [0, 0.1) is 30.6 Å². The van der Waals surface area contributed by atoms with Crippen LogP contribution < -0.4 is 5.32 Å². The molecule has 0 unspecified atom stereocenters. The number of hydrogen-bond acceptors (Lipinski definition) is 5. The third kappa shape index (κ3) is 4.02. The number of carbonyl (C=O) groups is 4. The first-order chi connectivity index (χ1) is 16.4. The van der Waals surface area contributed by atoms with Gasteiger partial charge in [0, 0.05) is 12.1 Å². The highest BCUT2D eigenvalue weighted by Crippen LogP contribution is 2.53. The smallest absolute Gasteiger partial charge is 0.330 e. The fraction of sp³-hybridized carbons (Fsp3) is 0.333. The molecule has 1 saturated carbocycles. The number of likely N-dealkylation sites (tertiary alicyclic amines) is 1. The minimum Gasteiger partial charge on any atom is -0.454 e. The zero-order valence-electron chi connectivity index (χ0n) is 18.8. The summed E-state index contributed by atoms with van der Waals surface area (Å²) in [6.45, 7) is 1.40. The monoisotopic (exact) mass is 458 g/mol. The molecule has 2 bridgehead atoms. The largest absolute Gasteiger partial charge is 0.454 e. The molecule has 1 saturated heterocycles. The van der Waals surface area contributed by atoms with Crippen molar-refractivity contribution in [1.82, 2.24) is 4.90 Å². The van der Waals surface area contributed by atoms with Gasteiger partial charge in [0.2, 0.25) is 11.8 Å². The molecule has 1 N–H and O–H groups in total. The van der Waals surface area contributed by atoms with E-state index in [9.17, 15) is 19.2 Å². The van der Waals surface area contributed by atoms with Crippen molar-refractivity contribution in [1.29, 1.82) is 0 Å². The van der Waals surface area contributed by atoms with Gasteiger partial charge in [0.15, 0.2) is 6.61 Å². The molecule has 0 radical (unpaired) electrons. The Balaban J connectivity index is 1.32. The highest BCUT2D eigenvalue weighted by Gasteiger charge is 2.61. The summed E-state index contributed by atoms with van der Waals surface area (Å²) < 4.78 is 5.33. The molecule has 3 aliphatic rings. The summed E-state index contributed by atoms with van der Waals surface area (Å²) >= 11 is 0. The van der Waals surface area contributed by atoms with Gasteiger partial charge < -0.3 is 10.1 Å². The second kappa shape index (κ2) is 8.89. The molecule has 3 amide bonds. The van der Waals surface area contributed by atoms with E-state index in [0.717, 1.165) is 22.4 Å². The van der Waals surface area contributed by atoms with Gasteiger partial charge in [0.25, 0.3) is 5.91 Å². The van der Waals surface area contributed by atoms with E-state index in [2.05, 4.69) is 5.32 Å². The lowest BCUT2D eigenvalue weighted by Crippen LogP contribution is -2.48. The molecule has 5 rings (SSSR count). The van der Waals surface area contributed by atoms with Crippen LogP contribution in [0.1, 0.15) is 17.5 Å². The summed E-state index contributed by atoms with van der Waals surface area (Å²) in [5.41, 5.74) is 2.38. The number of amides is 3. The molecule has 7 heteroatoms. The number of carbonyl (C=O) groups excluding carboxylic acids is 4. The van der Waals surface area contributed by atoms with E-state index in [-0.39, 0.29) is 30.1 Å². The summed E-state index contributed by atoms with van der Waals surface area (Å²) in [6.07, 6.45) is 4.98. The highest BCUT2D eigenvalue weighted by atomic mass is 16.5. The van der Waals surface area contributed by atoms with E-state index in [0.29, 0.717) is 5.69 Å². The lowest BCUT2D eigenvalue weighted by atomic mass is 9.85. The topological polar surface area (TPSA) is 92.8 Å². The summed E-state index contributed by atoms with van der Waals surface area (Å²) in [7, 11) is 0. The lowest BCUT2D eigenvalue weighted by molar-refractivity contribution is -0.160. The third-order valence-electron chi connectivity index (χ3n) is 7.01. The van der Waals surface area contributed by atoms with Gasteiger partial charge in [-0.3, -0.25) is 19.3 Å². The summed E-state index contributed by atoms with van der Waals surface area (Å²) in [6, 6.07) is 15.4. The van der Waals surface area contributed by atoms with Crippen molar-refractivity contribution in [3.05, 3.63) is 77.9 Å². The Kier molecular flexibility index (Phi) is 5.77. The molecular weight excluding hydrogens is 432 g/mol. The molecule has 34 heavy (non-hydrogen) atoms. The average molecular weight is 459 g/mol. The maximum Gasteiger partial charge on any atom is 0.330 e. The first kappa shape index (κ1) is 22.1. The Morgan fingerprint density at radius 3 is 2.32 bits per heavy atom. The molecular formula is C27H26N2O5. The van der Waals surface area contributed by atoms with Crippen LogP contribution in [0.25, 0.3) is 0 Å². The van der Waals surface area contributed by atoms with Crippen molar-refractivity contribution in [2.24, 2.45) is 23.7 Å². The van der Waals surface area contributed by atoms with Crippen LogP contribution >= 0.6 is 0 Å². The zero-order chi connectivity index (χ0) is 23.8. The minimum atomic E-state index is -1.11. The predicted molar refractivity (Wildman–Crippen MR) is 124 cm³/mol. The normalized spacial score (nSPS) is 25.4. The average Bonchev–Trinajstić information content (AvgIpc) is 3.51.